The van der Waals surface area contributed by atoms with Gasteiger partial charge in [-0.3, -0.25) is 9.05 Å². The Bertz CT molecular complexity index is 617. The van der Waals surface area contributed by atoms with Crippen molar-refractivity contribution >= 4 is 27.6 Å². The van der Waals surface area contributed by atoms with Crippen LogP contribution in [-0.4, -0.2) is 57.4 Å². The summed E-state index contributed by atoms with van der Waals surface area (Å²) in [5, 5.41) is 0. The lowest BCUT2D eigenvalue weighted by atomic mass is 10.3. The van der Waals surface area contributed by atoms with Gasteiger partial charge in [0.15, 0.2) is 0 Å². The molecule has 0 bridgehead atoms. The van der Waals surface area contributed by atoms with Gasteiger partial charge in [-0.2, -0.15) is 0 Å². The fourth-order valence-electron chi connectivity index (χ4n) is 0.933. The van der Waals surface area contributed by atoms with Gasteiger partial charge in [-0.15, -0.1) is 0 Å². The molecule has 0 aromatic heterocycles. The molecule has 0 fully saturated rings. The molecule has 0 amide bonds. The van der Waals surface area contributed by atoms with E-state index in [4.69, 9.17) is 24.3 Å². The second kappa shape index (κ2) is 12.9. The van der Waals surface area contributed by atoms with E-state index in [2.05, 4.69) is 26.9 Å². The maximum absolute atomic E-state index is 10.9. The quantitative estimate of drug-likeness (QED) is 0.164. The molecule has 0 aliphatic rings. The summed E-state index contributed by atoms with van der Waals surface area (Å²) in [5.41, 5.74) is 0.434. The van der Waals surface area contributed by atoms with E-state index >= 15 is 0 Å². The van der Waals surface area contributed by atoms with E-state index in [1.54, 1.807) is 0 Å². The molecule has 1 unspecified atom stereocenters. The summed E-state index contributed by atoms with van der Waals surface area (Å²) in [6.07, 6.45) is -0.730. The molecule has 12 nitrogen and oxygen atoms in total. The zero-order valence-electron chi connectivity index (χ0n) is 15.1. The Morgan fingerprint density at radius 3 is 1.70 bits per heavy atom. The molecule has 0 aliphatic heterocycles. The molecule has 0 aromatic carbocycles. The Balaban J connectivity index is 0. The first-order chi connectivity index (χ1) is 12.0. The third kappa shape index (κ3) is 20.8. The first-order valence-electron chi connectivity index (χ1n) is 7.14. The number of carbonyl (C=O) groups excluding carboxylic acids is 2. The van der Waals surface area contributed by atoms with Gasteiger partial charge in [0.1, 0.15) is 12.7 Å². The van der Waals surface area contributed by atoms with Crippen LogP contribution in [0.15, 0.2) is 24.3 Å². The molecule has 0 saturated heterocycles. The highest BCUT2D eigenvalue weighted by Crippen LogP contribution is 2.36. The highest BCUT2D eigenvalue weighted by atomic mass is 31.2. The second-order valence-corrected chi connectivity index (χ2v) is 7.50. The molecular weight excluding hydrogens is 410 g/mol. The number of hydrogen-bond donors (Lipinski definition) is 4. The van der Waals surface area contributed by atoms with Gasteiger partial charge in [-0.05, 0) is 20.8 Å². The van der Waals surface area contributed by atoms with Gasteiger partial charge in [0.2, 0.25) is 0 Å². The lowest BCUT2D eigenvalue weighted by molar-refractivity contribution is -0.145. The van der Waals surface area contributed by atoms with Gasteiger partial charge in [0, 0.05) is 11.1 Å². The minimum absolute atomic E-state index is 0.212. The molecule has 4 N–H and O–H groups in total. The van der Waals surface area contributed by atoms with Crippen LogP contribution in [0.25, 0.3) is 0 Å². The molecule has 0 aliphatic carbocycles. The van der Waals surface area contributed by atoms with Crippen LogP contribution in [0, 0.1) is 0 Å². The summed E-state index contributed by atoms with van der Waals surface area (Å²) >= 11 is 0. The van der Waals surface area contributed by atoms with Crippen molar-refractivity contribution in [3.8, 4) is 0 Å². The molecule has 0 heterocycles. The lowest BCUT2D eigenvalue weighted by Gasteiger charge is -2.13. The zero-order chi connectivity index (χ0) is 21.8. The standard InChI is InChI=1S/C7H13O6P.C6H11O6P/c1-5(2)7(8)13-6(3)4-12-14(9,10)11;1-5(2)6(7)11-3-4-12-13(8,9)10/h6H,1,4H2,2-3H3,(H2,9,10,11);1,3-4H2,2H3,(H2,8,9,10). The van der Waals surface area contributed by atoms with Gasteiger partial charge in [0.25, 0.3) is 0 Å². The van der Waals surface area contributed by atoms with Crippen LogP contribution in [-0.2, 0) is 37.2 Å². The number of phosphoric acid groups is 2. The van der Waals surface area contributed by atoms with E-state index in [1.165, 1.54) is 20.8 Å². The number of esters is 2. The molecule has 1 atom stereocenters. The summed E-state index contributed by atoms with van der Waals surface area (Å²) in [7, 11) is -8.96. The summed E-state index contributed by atoms with van der Waals surface area (Å²) in [6.45, 7) is 10.1. The maximum Gasteiger partial charge on any atom is 0.469 e. The number of ether oxygens (including phenoxy) is 2. The number of hydrogen-bond acceptors (Lipinski definition) is 8. The zero-order valence-corrected chi connectivity index (χ0v) is 16.9. The third-order valence-corrected chi connectivity index (χ3v) is 3.06. The molecule has 14 heteroatoms. The van der Waals surface area contributed by atoms with Gasteiger partial charge in [-0.1, -0.05) is 13.2 Å². The Hall–Kier alpha value is -1.36. The van der Waals surface area contributed by atoms with Crippen LogP contribution in [0.2, 0.25) is 0 Å². The Kier molecular flexibility index (Phi) is 13.3. The van der Waals surface area contributed by atoms with Crippen LogP contribution in [0.1, 0.15) is 20.8 Å². The molecule has 0 rings (SSSR count). The van der Waals surface area contributed by atoms with E-state index in [0.29, 0.717) is 0 Å². The van der Waals surface area contributed by atoms with Crippen LogP contribution < -0.4 is 0 Å². The van der Waals surface area contributed by atoms with E-state index in [-0.39, 0.29) is 31.0 Å². The van der Waals surface area contributed by atoms with E-state index < -0.39 is 33.7 Å². The Labute approximate surface area is 156 Å². The van der Waals surface area contributed by atoms with Gasteiger partial charge >= 0.3 is 27.6 Å². The molecular formula is C13H24O12P2. The van der Waals surface area contributed by atoms with Gasteiger partial charge in [0.05, 0.1) is 13.2 Å². The van der Waals surface area contributed by atoms with Crippen molar-refractivity contribution in [2.45, 2.75) is 26.9 Å². The van der Waals surface area contributed by atoms with Gasteiger partial charge in [-0.25, -0.2) is 18.7 Å². The highest BCUT2D eigenvalue weighted by molar-refractivity contribution is 7.46. The van der Waals surface area contributed by atoms with Crippen LogP contribution in [0.4, 0.5) is 0 Å². The summed E-state index contributed by atoms with van der Waals surface area (Å²) in [6, 6.07) is 0. The highest BCUT2D eigenvalue weighted by Gasteiger charge is 2.18. The van der Waals surface area contributed by atoms with Crippen molar-refractivity contribution in [3.05, 3.63) is 24.3 Å². The molecule has 27 heavy (non-hydrogen) atoms. The number of phosphoric ester groups is 2. The fourth-order valence-corrected chi connectivity index (χ4v) is 1.65. The minimum Gasteiger partial charge on any atom is -0.460 e. The fraction of sp³-hybridized carbons (Fsp3) is 0.538. The smallest absolute Gasteiger partial charge is 0.460 e. The van der Waals surface area contributed by atoms with Crippen molar-refractivity contribution in [3.63, 3.8) is 0 Å². The van der Waals surface area contributed by atoms with E-state index in [0.717, 1.165) is 0 Å². The summed E-state index contributed by atoms with van der Waals surface area (Å²) < 4.78 is 37.7. The van der Waals surface area contributed by atoms with Crippen molar-refractivity contribution in [2.24, 2.45) is 0 Å². The maximum atomic E-state index is 10.9. The molecule has 0 saturated carbocycles. The van der Waals surface area contributed by atoms with Crippen molar-refractivity contribution < 1.29 is 56.8 Å². The largest absolute Gasteiger partial charge is 0.469 e. The number of rotatable bonds is 10. The molecule has 158 valence electrons. The van der Waals surface area contributed by atoms with Gasteiger partial charge < -0.3 is 29.0 Å². The van der Waals surface area contributed by atoms with Crippen LogP contribution in [0.3, 0.4) is 0 Å². The van der Waals surface area contributed by atoms with Crippen LogP contribution in [0.5, 0.6) is 0 Å². The molecule has 0 aromatic rings. The first kappa shape index (κ1) is 27.9. The molecule has 0 spiro atoms. The van der Waals surface area contributed by atoms with Crippen molar-refractivity contribution in [1.82, 2.24) is 0 Å². The predicted molar refractivity (Wildman–Crippen MR) is 92.1 cm³/mol. The average molecular weight is 434 g/mol. The topological polar surface area (TPSA) is 186 Å². The third-order valence-electron chi connectivity index (χ3n) is 2.06. The second-order valence-electron chi connectivity index (χ2n) is 5.02. The average Bonchev–Trinajstić information content (AvgIpc) is 2.48. The normalized spacial score (nSPS) is 12.3. The monoisotopic (exact) mass is 434 g/mol. The van der Waals surface area contributed by atoms with Crippen LogP contribution >= 0.6 is 15.6 Å². The predicted octanol–water partition coefficient (Wildman–Crippen LogP) is 0.818. The number of carbonyl (C=O) groups is 2. The summed E-state index contributed by atoms with van der Waals surface area (Å²) in [5.74, 6) is -1.24. The van der Waals surface area contributed by atoms with Crippen molar-refractivity contribution in [1.29, 1.82) is 0 Å². The first-order valence-corrected chi connectivity index (χ1v) is 10.2. The SMILES string of the molecule is C=C(C)C(=O)OC(C)COP(=O)(O)O.C=C(C)C(=O)OCCOP(=O)(O)O. The minimum atomic E-state index is -4.50. The van der Waals surface area contributed by atoms with E-state index in [9.17, 15) is 18.7 Å². The van der Waals surface area contributed by atoms with E-state index in [1.807, 2.05) is 0 Å². The lowest BCUT2D eigenvalue weighted by Crippen LogP contribution is -2.20. The Morgan fingerprint density at radius 2 is 1.33 bits per heavy atom. The Morgan fingerprint density at radius 1 is 0.889 bits per heavy atom. The summed E-state index contributed by atoms with van der Waals surface area (Å²) in [4.78, 5) is 54.7. The van der Waals surface area contributed by atoms with Crippen molar-refractivity contribution in [2.75, 3.05) is 19.8 Å². The molecule has 0 radical (unpaired) electrons.